The largest absolute Gasteiger partial charge is 0.507 e. The maximum Gasteiger partial charge on any atom is 0.339 e. The van der Waals surface area contributed by atoms with E-state index in [2.05, 4.69) is 14.9 Å². The molecule has 0 spiro atoms. The van der Waals surface area contributed by atoms with Gasteiger partial charge in [-0.3, -0.25) is 9.82 Å². The molecule has 0 saturated heterocycles. The zero-order valence-electron chi connectivity index (χ0n) is 10.3. The molecule has 0 aliphatic heterocycles. The third kappa shape index (κ3) is 2.57. The van der Waals surface area contributed by atoms with Gasteiger partial charge in [-0.1, -0.05) is 0 Å². The molecule has 106 valence electrons. The quantitative estimate of drug-likeness (QED) is 0.663. The molecule has 4 N–H and O–H groups in total. The van der Waals surface area contributed by atoms with E-state index in [1.54, 1.807) is 0 Å². The second kappa shape index (κ2) is 4.85. The number of aromatic amines is 1. The number of nitrogens with one attached hydrogen (secondary N) is 2. The van der Waals surface area contributed by atoms with Crippen LogP contribution in [-0.2, 0) is 10.0 Å². The van der Waals surface area contributed by atoms with E-state index in [4.69, 9.17) is 5.11 Å². The first-order valence-electron chi connectivity index (χ1n) is 5.40. The molecule has 0 radical (unpaired) electrons. The van der Waals surface area contributed by atoms with Crippen molar-refractivity contribution in [3.63, 3.8) is 0 Å². The lowest BCUT2D eigenvalue weighted by atomic mass is 10.1. The summed E-state index contributed by atoms with van der Waals surface area (Å²) in [4.78, 5) is 10.7. The van der Waals surface area contributed by atoms with E-state index in [0.717, 1.165) is 12.1 Å². The number of sulfonamides is 1. The standard InChI is InChI=1S/C11H11N3O5S/c1-6-2-9(15)8(11(16)17)3-10(6)20(18,19)14-7-4-12-13-5-7/h2-5,14-15H,1H3,(H,12,13)(H,16,17). The van der Waals surface area contributed by atoms with Crippen LogP contribution in [0, 0.1) is 6.92 Å². The average molecular weight is 297 g/mol. The fraction of sp³-hybridized carbons (Fsp3) is 0.0909. The third-order valence-electron chi connectivity index (χ3n) is 2.56. The molecule has 0 aliphatic carbocycles. The highest BCUT2D eigenvalue weighted by molar-refractivity contribution is 7.92. The molecule has 0 saturated carbocycles. The highest BCUT2D eigenvalue weighted by Gasteiger charge is 2.22. The summed E-state index contributed by atoms with van der Waals surface area (Å²) in [6.07, 6.45) is 2.61. The summed E-state index contributed by atoms with van der Waals surface area (Å²) in [5.74, 6) is -1.90. The maximum absolute atomic E-state index is 12.2. The molecule has 0 atom stereocenters. The molecule has 0 aliphatic rings. The highest BCUT2D eigenvalue weighted by Crippen LogP contribution is 2.26. The summed E-state index contributed by atoms with van der Waals surface area (Å²) >= 11 is 0. The minimum atomic E-state index is -3.97. The van der Waals surface area contributed by atoms with Gasteiger partial charge in [0.1, 0.15) is 11.3 Å². The Morgan fingerprint density at radius 2 is 2.10 bits per heavy atom. The third-order valence-corrected chi connectivity index (χ3v) is 4.09. The van der Waals surface area contributed by atoms with Gasteiger partial charge in [-0.25, -0.2) is 13.2 Å². The number of carboxylic acid groups (broad SMARTS) is 1. The van der Waals surface area contributed by atoms with Crippen LogP contribution >= 0.6 is 0 Å². The summed E-state index contributed by atoms with van der Waals surface area (Å²) < 4.78 is 26.6. The Hall–Kier alpha value is -2.55. The molecule has 8 nitrogen and oxygen atoms in total. The number of nitrogens with zero attached hydrogens (tertiary/aromatic N) is 1. The van der Waals surface area contributed by atoms with Gasteiger partial charge in [0.05, 0.1) is 16.8 Å². The lowest BCUT2D eigenvalue weighted by Crippen LogP contribution is -2.15. The van der Waals surface area contributed by atoms with Crippen LogP contribution in [0.3, 0.4) is 0 Å². The van der Waals surface area contributed by atoms with E-state index in [0.29, 0.717) is 0 Å². The minimum absolute atomic E-state index is 0.217. The number of H-pyrrole nitrogens is 1. The van der Waals surface area contributed by atoms with Crippen molar-refractivity contribution in [3.05, 3.63) is 35.7 Å². The van der Waals surface area contributed by atoms with Crippen LogP contribution in [0.4, 0.5) is 5.69 Å². The Balaban J connectivity index is 2.51. The number of aromatic hydroxyl groups is 1. The smallest absolute Gasteiger partial charge is 0.339 e. The normalized spacial score (nSPS) is 11.2. The first-order chi connectivity index (χ1) is 9.31. The monoisotopic (exact) mass is 297 g/mol. The zero-order chi connectivity index (χ0) is 14.9. The highest BCUT2D eigenvalue weighted by atomic mass is 32.2. The molecule has 0 bridgehead atoms. The van der Waals surface area contributed by atoms with E-state index in [1.807, 2.05) is 0 Å². The van der Waals surface area contributed by atoms with E-state index < -0.39 is 27.3 Å². The van der Waals surface area contributed by atoms with Crippen LogP contribution in [0.1, 0.15) is 15.9 Å². The van der Waals surface area contributed by atoms with Crippen molar-refractivity contribution < 1.29 is 23.4 Å². The predicted molar refractivity (Wildman–Crippen MR) is 69.2 cm³/mol. The summed E-state index contributed by atoms with van der Waals surface area (Å²) in [6, 6.07) is 2.00. The Morgan fingerprint density at radius 3 is 2.65 bits per heavy atom. The van der Waals surface area contributed by atoms with Gasteiger partial charge in [0.25, 0.3) is 10.0 Å². The van der Waals surface area contributed by atoms with Gasteiger partial charge in [-0.15, -0.1) is 0 Å². The number of hydrogen-bond donors (Lipinski definition) is 4. The second-order valence-corrected chi connectivity index (χ2v) is 5.68. The molecule has 1 aromatic carbocycles. The maximum atomic E-state index is 12.2. The van der Waals surface area contributed by atoms with Gasteiger partial charge in [0.2, 0.25) is 0 Å². The van der Waals surface area contributed by atoms with E-state index in [-0.39, 0.29) is 16.1 Å². The Kier molecular flexibility index (Phi) is 3.36. The van der Waals surface area contributed by atoms with Gasteiger partial charge < -0.3 is 10.2 Å². The van der Waals surface area contributed by atoms with Gasteiger partial charge in [-0.2, -0.15) is 5.10 Å². The number of anilines is 1. The Bertz CT molecular complexity index is 753. The van der Waals surface area contributed by atoms with Crippen molar-refractivity contribution in [1.82, 2.24) is 10.2 Å². The van der Waals surface area contributed by atoms with Crippen molar-refractivity contribution in [2.45, 2.75) is 11.8 Å². The lowest BCUT2D eigenvalue weighted by Gasteiger charge is -2.10. The summed E-state index contributed by atoms with van der Waals surface area (Å²) in [5.41, 5.74) is -0.0407. The molecular formula is C11H11N3O5S. The number of phenols is 1. The molecule has 0 unspecified atom stereocenters. The predicted octanol–water partition coefficient (Wildman–Crippen LogP) is 0.923. The van der Waals surface area contributed by atoms with Gasteiger partial charge in [-0.05, 0) is 24.6 Å². The molecule has 0 fully saturated rings. The summed E-state index contributed by atoms with van der Waals surface area (Å²) in [6.45, 7) is 1.45. The van der Waals surface area contributed by atoms with Crippen molar-refractivity contribution in [2.75, 3.05) is 4.72 Å². The van der Waals surface area contributed by atoms with Crippen LogP contribution in [0.25, 0.3) is 0 Å². The SMILES string of the molecule is Cc1cc(O)c(C(=O)O)cc1S(=O)(=O)Nc1cn[nH]c1. The van der Waals surface area contributed by atoms with Crippen LogP contribution in [-0.4, -0.2) is 34.8 Å². The van der Waals surface area contributed by atoms with Crippen LogP contribution < -0.4 is 4.72 Å². The minimum Gasteiger partial charge on any atom is -0.507 e. The fourth-order valence-electron chi connectivity index (χ4n) is 1.65. The number of hydrogen-bond acceptors (Lipinski definition) is 5. The first kappa shape index (κ1) is 13.9. The second-order valence-electron chi connectivity index (χ2n) is 4.03. The average Bonchev–Trinajstić information content (AvgIpc) is 2.79. The topological polar surface area (TPSA) is 132 Å². The Labute approximate surface area is 114 Å². The van der Waals surface area contributed by atoms with Crippen molar-refractivity contribution in [1.29, 1.82) is 0 Å². The van der Waals surface area contributed by atoms with Gasteiger partial charge >= 0.3 is 5.97 Å². The number of carbonyl (C=O) groups is 1. The van der Waals surface area contributed by atoms with Gasteiger partial charge in [0, 0.05) is 6.20 Å². The zero-order valence-corrected chi connectivity index (χ0v) is 11.1. The lowest BCUT2D eigenvalue weighted by molar-refractivity contribution is 0.0693. The van der Waals surface area contributed by atoms with E-state index in [1.165, 1.54) is 19.3 Å². The molecule has 2 aromatic rings. The number of carboxylic acids is 1. The molecule has 20 heavy (non-hydrogen) atoms. The van der Waals surface area contributed by atoms with Crippen molar-refractivity contribution in [2.24, 2.45) is 0 Å². The fourth-order valence-corrected chi connectivity index (χ4v) is 2.94. The van der Waals surface area contributed by atoms with E-state index >= 15 is 0 Å². The number of rotatable bonds is 4. The van der Waals surface area contributed by atoms with E-state index in [9.17, 15) is 18.3 Å². The number of aryl methyl sites for hydroxylation is 1. The summed E-state index contributed by atoms with van der Waals surface area (Å²) in [5, 5.41) is 24.5. The van der Waals surface area contributed by atoms with Crippen LogP contribution in [0.5, 0.6) is 5.75 Å². The molecule has 0 amide bonds. The number of aromatic carboxylic acids is 1. The summed E-state index contributed by atoms with van der Waals surface area (Å²) in [7, 11) is -3.97. The van der Waals surface area contributed by atoms with Crippen molar-refractivity contribution >= 4 is 21.7 Å². The number of benzene rings is 1. The first-order valence-corrected chi connectivity index (χ1v) is 6.88. The van der Waals surface area contributed by atoms with Crippen LogP contribution in [0.15, 0.2) is 29.4 Å². The molecule has 1 aromatic heterocycles. The molecule has 1 heterocycles. The van der Waals surface area contributed by atoms with Gasteiger partial charge in [0.15, 0.2) is 0 Å². The molecule has 9 heteroatoms. The van der Waals surface area contributed by atoms with Crippen molar-refractivity contribution in [3.8, 4) is 5.75 Å². The Morgan fingerprint density at radius 1 is 1.40 bits per heavy atom. The molecule has 2 rings (SSSR count). The van der Waals surface area contributed by atoms with Crippen LogP contribution in [0.2, 0.25) is 0 Å². The number of aromatic nitrogens is 2. The molecular weight excluding hydrogens is 286 g/mol.